The van der Waals surface area contributed by atoms with E-state index in [1.54, 1.807) is 6.92 Å². The highest BCUT2D eigenvalue weighted by atomic mass is 19.4. The largest absolute Gasteiger partial charge is 0.433 e. The maximum absolute atomic E-state index is 12.2. The van der Waals surface area contributed by atoms with E-state index < -0.39 is 11.9 Å². The molecule has 78 valence electrons. The van der Waals surface area contributed by atoms with Gasteiger partial charge in [0.05, 0.1) is 0 Å². The molecule has 1 heterocycles. The first-order valence-corrected chi connectivity index (χ1v) is 4.04. The summed E-state index contributed by atoms with van der Waals surface area (Å²) in [5, 5.41) is 0. The molecule has 0 aliphatic rings. The second kappa shape index (κ2) is 3.91. The second-order valence-electron chi connectivity index (χ2n) is 2.96. The van der Waals surface area contributed by atoms with Gasteiger partial charge in [0.15, 0.2) is 0 Å². The highest BCUT2D eigenvalue weighted by Gasteiger charge is 2.32. The third-order valence-corrected chi connectivity index (χ3v) is 1.84. The van der Waals surface area contributed by atoms with Gasteiger partial charge in [-0.05, 0) is 6.07 Å². The number of rotatable bonds is 2. The summed E-state index contributed by atoms with van der Waals surface area (Å²) in [5.74, 6) is -0.195. The van der Waals surface area contributed by atoms with Crippen molar-refractivity contribution in [1.82, 2.24) is 9.97 Å². The number of halogens is 3. The van der Waals surface area contributed by atoms with Gasteiger partial charge in [0.25, 0.3) is 0 Å². The number of nitrogens with two attached hydrogens (primary N) is 1. The molecular formula is C8H10F3N3. The third-order valence-electron chi connectivity index (χ3n) is 1.84. The second-order valence-corrected chi connectivity index (χ2v) is 2.96. The van der Waals surface area contributed by atoms with Crippen LogP contribution in [0.4, 0.5) is 13.2 Å². The molecule has 1 rings (SSSR count). The van der Waals surface area contributed by atoms with Crippen LogP contribution in [0.15, 0.2) is 12.4 Å². The van der Waals surface area contributed by atoms with E-state index in [4.69, 9.17) is 5.73 Å². The predicted molar refractivity (Wildman–Crippen MR) is 44.5 cm³/mol. The third kappa shape index (κ3) is 2.41. The lowest BCUT2D eigenvalue weighted by atomic mass is 10.1. The van der Waals surface area contributed by atoms with Crippen LogP contribution in [0.2, 0.25) is 0 Å². The van der Waals surface area contributed by atoms with Crippen LogP contribution in [0.3, 0.4) is 0 Å². The molecule has 1 aromatic rings. The lowest BCUT2D eigenvalue weighted by Crippen LogP contribution is -2.14. The van der Waals surface area contributed by atoms with Crippen molar-refractivity contribution < 1.29 is 13.2 Å². The van der Waals surface area contributed by atoms with E-state index in [0.717, 1.165) is 12.4 Å². The fourth-order valence-electron chi connectivity index (χ4n) is 0.918. The summed E-state index contributed by atoms with van der Waals surface area (Å²) < 4.78 is 36.6. The molecule has 0 spiro atoms. The lowest BCUT2D eigenvalue weighted by molar-refractivity contribution is -0.141. The molecule has 0 bridgehead atoms. The zero-order valence-corrected chi connectivity index (χ0v) is 7.54. The number of aromatic nitrogens is 2. The monoisotopic (exact) mass is 205 g/mol. The molecule has 1 aromatic heterocycles. The van der Waals surface area contributed by atoms with Crippen molar-refractivity contribution in [2.75, 3.05) is 6.54 Å². The molecule has 1 atom stereocenters. The van der Waals surface area contributed by atoms with Crippen molar-refractivity contribution in [3.63, 3.8) is 0 Å². The summed E-state index contributed by atoms with van der Waals surface area (Å²) in [6, 6.07) is 0.928. The van der Waals surface area contributed by atoms with E-state index in [1.165, 1.54) is 0 Å². The summed E-state index contributed by atoms with van der Waals surface area (Å²) in [6.45, 7) is 1.97. The Labute approximate surface area is 79.2 Å². The van der Waals surface area contributed by atoms with Crippen LogP contribution in [0.5, 0.6) is 0 Å². The summed E-state index contributed by atoms with van der Waals surface area (Å²) >= 11 is 0. The zero-order chi connectivity index (χ0) is 10.8. The standard InChI is InChI=1S/C8H10F3N3/c1-5(3-12)6-2-7(8(9,10)11)14-4-13-6/h2,4-5H,3,12H2,1H3. The van der Waals surface area contributed by atoms with Crippen molar-refractivity contribution in [1.29, 1.82) is 0 Å². The van der Waals surface area contributed by atoms with E-state index in [1.807, 2.05) is 0 Å². The van der Waals surface area contributed by atoms with Crippen LogP contribution in [0.1, 0.15) is 24.2 Å². The minimum atomic E-state index is -4.42. The Morgan fingerprint density at radius 3 is 2.57 bits per heavy atom. The first-order valence-electron chi connectivity index (χ1n) is 4.04. The van der Waals surface area contributed by atoms with Crippen molar-refractivity contribution in [2.45, 2.75) is 19.0 Å². The van der Waals surface area contributed by atoms with Gasteiger partial charge in [-0.3, -0.25) is 0 Å². The van der Waals surface area contributed by atoms with Crippen LogP contribution >= 0.6 is 0 Å². The van der Waals surface area contributed by atoms with Crippen molar-refractivity contribution in [3.05, 3.63) is 23.8 Å². The smallest absolute Gasteiger partial charge is 0.330 e. The highest BCUT2D eigenvalue weighted by molar-refractivity contribution is 5.14. The van der Waals surface area contributed by atoms with Gasteiger partial charge < -0.3 is 5.73 Å². The molecule has 14 heavy (non-hydrogen) atoms. The van der Waals surface area contributed by atoms with Gasteiger partial charge in [-0.15, -0.1) is 0 Å². The quantitative estimate of drug-likeness (QED) is 0.797. The summed E-state index contributed by atoms with van der Waals surface area (Å²) in [4.78, 5) is 6.88. The van der Waals surface area contributed by atoms with E-state index >= 15 is 0 Å². The van der Waals surface area contributed by atoms with Crippen LogP contribution in [-0.4, -0.2) is 16.5 Å². The molecule has 0 aliphatic carbocycles. The summed E-state index contributed by atoms with van der Waals surface area (Å²) in [6.07, 6.45) is -3.52. The van der Waals surface area contributed by atoms with E-state index in [2.05, 4.69) is 9.97 Å². The van der Waals surface area contributed by atoms with Crippen LogP contribution in [0.25, 0.3) is 0 Å². The van der Waals surface area contributed by atoms with Gasteiger partial charge in [0.1, 0.15) is 12.0 Å². The normalized spacial score (nSPS) is 14.1. The molecule has 0 saturated carbocycles. The first-order chi connectivity index (χ1) is 6.45. The van der Waals surface area contributed by atoms with Gasteiger partial charge in [-0.1, -0.05) is 6.92 Å². The van der Waals surface area contributed by atoms with Crippen molar-refractivity contribution in [3.8, 4) is 0 Å². The maximum atomic E-state index is 12.2. The molecule has 0 radical (unpaired) electrons. The minimum absolute atomic E-state index is 0.195. The zero-order valence-electron chi connectivity index (χ0n) is 7.54. The Kier molecular flexibility index (Phi) is 3.05. The topological polar surface area (TPSA) is 51.8 Å². The van der Waals surface area contributed by atoms with Gasteiger partial charge in [-0.25, -0.2) is 9.97 Å². The Balaban J connectivity index is 3.01. The number of alkyl halides is 3. The fraction of sp³-hybridized carbons (Fsp3) is 0.500. The van der Waals surface area contributed by atoms with Crippen molar-refractivity contribution >= 4 is 0 Å². The summed E-state index contributed by atoms with van der Waals surface area (Å²) in [7, 11) is 0. The molecule has 0 aliphatic heterocycles. The molecule has 2 N–H and O–H groups in total. The maximum Gasteiger partial charge on any atom is 0.433 e. The first kappa shape index (κ1) is 10.9. The van der Waals surface area contributed by atoms with E-state index in [9.17, 15) is 13.2 Å². The number of hydrogen-bond acceptors (Lipinski definition) is 3. The SMILES string of the molecule is CC(CN)c1cc(C(F)(F)F)ncn1. The average Bonchev–Trinajstić information content (AvgIpc) is 2.15. The molecular weight excluding hydrogens is 195 g/mol. The molecule has 0 aromatic carbocycles. The average molecular weight is 205 g/mol. The molecule has 0 saturated heterocycles. The van der Waals surface area contributed by atoms with Crippen LogP contribution in [0, 0.1) is 0 Å². The Morgan fingerprint density at radius 2 is 2.07 bits per heavy atom. The van der Waals surface area contributed by atoms with Gasteiger partial charge in [0.2, 0.25) is 0 Å². The highest BCUT2D eigenvalue weighted by Crippen LogP contribution is 2.28. The number of nitrogens with zero attached hydrogens (tertiary/aromatic N) is 2. The minimum Gasteiger partial charge on any atom is -0.330 e. The fourth-order valence-corrected chi connectivity index (χ4v) is 0.918. The van der Waals surface area contributed by atoms with Crippen LogP contribution in [-0.2, 0) is 6.18 Å². The Bertz CT molecular complexity index is 311. The van der Waals surface area contributed by atoms with Gasteiger partial charge >= 0.3 is 6.18 Å². The molecule has 6 heteroatoms. The van der Waals surface area contributed by atoms with Gasteiger partial charge in [-0.2, -0.15) is 13.2 Å². The lowest BCUT2D eigenvalue weighted by Gasteiger charge is -2.10. The van der Waals surface area contributed by atoms with Gasteiger partial charge in [0, 0.05) is 18.2 Å². The van der Waals surface area contributed by atoms with E-state index in [-0.39, 0.29) is 12.5 Å². The predicted octanol–water partition coefficient (Wildman–Crippen LogP) is 1.56. The van der Waals surface area contributed by atoms with Crippen LogP contribution < -0.4 is 5.73 Å². The Morgan fingerprint density at radius 1 is 1.43 bits per heavy atom. The summed E-state index contributed by atoms with van der Waals surface area (Å²) in [5.41, 5.74) is 4.71. The molecule has 0 fully saturated rings. The number of hydrogen-bond donors (Lipinski definition) is 1. The van der Waals surface area contributed by atoms with Crippen molar-refractivity contribution in [2.24, 2.45) is 5.73 Å². The molecule has 0 amide bonds. The Hall–Kier alpha value is -1.17. The molecule has 3 nitrogen and oxygen atoms in total. The van der Waals surface area contributed by atoms with E-state index in [0.29, 0.717) is 5.69 Å². The molecule has 1 unspecified atom stereocenters.